The van der Waals surface area contributed by atoms with E-state index in [-0.39, 0.29) is 11.6 Å². The molecule has 4 aliphatic rings. The van der Waals surface area contributed by atoms with E-state index in [4.69, 9.17) is 0 Å². The molecule has 1 aromatic rings. The smallest absolute Gasteiger partial charge is 0.180 e. The molecule has 0 bridgehead atoms. The van der Waals surface area contributed by atoms with Crippen LogP contribution >= 0.6 is 0 Å². The first kappa shape index (κ1) is 32.4. The number of nitrogens with one attached hydrogen (secondary N) is 2. The van der Waals surface area contributed by atoms with Gasteiger partial charge in [-0.15, -0.1) is 0 Å². The Morgan fingerprint density at radius 2 is 1.89 bits per heavy atom. The second-order valence-corrected chi connectivity index (χ2v) is 13.1. The number of likely N-dealkylation sites (tertiary alicyclic amines) is 1. The van der Waals surface area contributed by atoms with Crippen molar-refractivity contribution in [1.82, 2.24) is 25.3 Å². The zero-order valence-corrected chi connectivity index (χ0v) is 26.9. The summed E-state index contributed by atoms with van der Waals surface area (Å²) in [6, 6.07) is 6.97. The zero-order chi connectivity index (χ0) is 31.2. The molecule has 1 unspecified atom stereocenters. The monoisotopic (exact) mass is 607 g/mol. The van der Waals surface area contributed by atoms with Crippen molar-refractivity contribution in [3.8, 4) is 0 Å². The third-order valence-corrected chi connectivity index (χ3v) is 9.77. The summed E-state index contributed by atoms with van der Waals surface area (Å²) in [5.74, 6) is -0.0130. The van der Waals surface area contributed by atoms with E-state index in [9.17, 15) is 13.6 Å². The molecule has 5 rings (SSSR count). The van der Waals surface area contributed by atoms with Crippen molar-refractivity contribution in [3.05, 3.63) is 82.2 Å². The number of piperazine rings is 1. The van der Waals surface area contributed by atoms with Gasteiger partial charge in [0.2, 0.25) is 0 Å². The number of Topliss-reactive ketones (excluding diaryl/α,β-unsaturated/α-hetero) is 1. The average molecular weight is 608 g/mol. The standard InChI is InChI=1S/C36H51F2N5O/c1-5-31-24-42(19-20-43(31)32-14-17-41(18-15-32)23-28-10-9-25(2)21-33(28)38)27(4)26(3)22-30(13-16-37)40-36-34(39-29-11-12-29)7-6-8-35(36)44/h9-10,13,21-22,29,31-32,39-40H,4-8,11-12,14-20,23-24H2,1-3H3/b26-22-,30-13+. The van der Waals surface area contributed by atoms with Gasteiger partial charge >= 0.3 is 0 Å². The van der Waals surface area contributed by atoms with Gasteiger partial charge in [0.15, 0.2) is 5.78 Å². The van der Waals surface area contributed by atoms with Crippen LogP contribution in [-0.2, 0) is 11.3 Å². The number of carbonyl (C=O) groups is 1. The van der Waals surface area contributed by atoms with Crippen molar-refractivity contribution in [2.45, 2.75) is 96.8 Å². The third-order valence-electron chi connectivity index (χ3n) is 9.77. The lowest BCUT2D eigenvalue weighted by molar-refractivity contribution is -0.116. The van der Waals surface area contributed by atoms with Crippen LogP contribution in [0.15, 0.2) is 65.3 Å². The number of nitrogens with zero attached hydrogens (tertiary/aromatic N) is 3. The molecule has 1 saturated carbocycles. The van der Waals surface area contributed by atoms with Gasteiger partial charge in [-0.05, 0) is 101 Å². The van der Waals surface area contributed by atoms with E-state index < -0.39 is 6.67 Å². The number of hydrogen-bond donors (Lipinski definition) is 2. The van der Waals surface area contributed by atoms with Gasteiger partial charge in [-0.25, -0.2) is 8.78 Å². The molecule has 3 fully saturated rings. The Bertz CT molecular complexity index is 1290. The van der Waals surface area contributed by atoms with Gasteiger partial charge in [0.1, 0.15) is 18.2 Å². The molecule has 1 atom stereocenters. The van der Waals surface area contributed by atoms with Crippen LogP contribution < -0.4 is 10.6 Å². The Hall–Kier alpha value is -2.97. The van der Waals surface area contributed by atoms with Crippen molar-refractivity contribution in [3.63, 3.8) is 0 Å². The van der Waals surface area contributed by atoms with Crippen LogP contribution in [0.4, 0.5) is 8.78 Å². The SMILES string of the molecule is C=C(/C(C)=C\C(=C/CF)NC1=C(NC2CC2)CCCC1=O)N1CCN(C2CCN(Cc3ccc(C)cc3F)CC2)C(CC)C1. The number of ketones is 1. The fourth-order valence-electron chi connectivity index (χ4n) is 6.94. The number of benzene rings is 1. The minimum Gasteiger partial charge on any atom is -0.384 e. The van der Waals surface area contributed by atoms with E-state index >= 15 is 0 Å². The first-order valence-electron chi connectivity index (χ1n) is 16.7. The van der Waals surface area contributed by atoms with Gasteiger partial charge in [0.05, 0.1) is 0 Å². The average Bonchev–Trinajstić information content (AvgIpc) is 3.84. The van der Waals surface area contributed by atoms with E-state index in [2.05, 4.69) is 38.8 Å². The number of aryl methyl sites for hydroxylation is 1. The van der Waals surface area contributed by atoms with E-state index in [0.717, 1.165) is 106 Å². The molecule has 6 nitrogen and oxygen atoms in total. The maximum Gasteiger partial charge on any atom is 0.180 e. The number of rotatable bonds is 12. The van der Waals surface area contributed by atoms with Gasteiger partial charge in [0.25, 0.3) is 0 Å². The molecule has 240 valence electrons. The Labute approximate surface area is 262 Å². The highest BCUT2D eigenvalue weighted by Crippen LogP contribution is 2.29. The lowest BCUT2D eigenvalue weighted by atomic mass is 9.97. The van der Waals surface area contributed by atoms with Gasteiger partial charge in [-0.1, -0.05) is 25.6 Å². The molecular formula is C36H51F2N5O. The number of halogens is 2. The maximum atomic E-state index is 14.4. The molecule has 44 heavy (non-hydrogen) atoms. The molecule has 1 aromatic carbocycles. The second-order valence-electron chi connectivity index (χ2n) is 13.1. The molecule has 2 aliphatic heterocycles. The fraction of sp³-hybridized carbons (Fsp3) is 0.583. The number of carbonyl (C=O) groups excluding carboxylic acids is 1. The summed E-state index contributed by atoms with van der Waals surface area (Å²) in [6.45, 7) is 15.5. The number of alkyl halides is 1. The van der Waals surface area contributed by atoms with Gasteiger partial charge in [-0.2, -0.15) is 0 Å². The molecule has 2 heterocycles. The first-order valence-corrected chi connectivity index (χ1v) is 16.7. The molecule has 0 spiro atoms. The molecule has 0 radical (unpaired) electrons. The fourth-order valence-corrected chi connectivity index (χ4v) is 6.94. The summed E-state index contributed by atoms with van der Waals surface area (Å²) in [4.78, 5) is 20.3. The third kappa shape index (κ3) is 8.19. The first-order chi connectivity index (χ1) is 21.2. The second kappa shape index (κ2) is 14.9. The Morgan fingerprint density at radius 3 is 2.57 bits per heavy atom. The number of allylic oxidation sites excluding steroid dienone is 5. The van der Waals surface area contributed by atoms with Crippen LogP contribution in [0.25, 0.3) is 0 Å². The predicted octanol–water partition coefficient (Wildman–Crippen LogP) is 6.11. The van der Waals surface area contributed by atoms with E-state index in [1.807, 2.05) is 32.1 Å². The predicted molar refractivity (Wildman–Crippen MR) is 174 cm³/mol. The van der Waals surface area contributed by atoms with E-state index in [1.54, 1.807) is 6.07 Å². The Balaban J connectivity index is 1.17. The van der Waals surface area contributed by atoms with Crippen LogP contribution in [0.5, 0.6) is 0 Å². The molecular weight excluding hydrogens is 556 g/mol. The van der Waals surface area contributed by atoms with Crippen molar-refractivity contribution < 1.29 is 13.6 Å². The number of piperidine rings is 1. The van der Waals surface area contributed by atoms with E-state index in [0.29, 0.717) is 42.5 Å². The van der Waals surface area contributed by atoms with Crippen molar-refractivity contribution in [2.24, 2.45) is 0 Å². The normalized spacial score (nSPS) is 23.3. The van der Waals surface area contributed by atoms with Crippen LogP contribution in [0.3, 0.4) is 0 Å². The quantitative estimate of drug-likeness (QED) is 0.280. The molecule has 0 amide bonds. The van der Waals surface area contributed by atoms with Crippen LogP contribution in [0, 0.1) is 12.7 Å². The summed E-state index contributed by atoms with van der Waals surface area (Å²) in [5.41, 5.74) is 5.83. The summed E-state index contributed by atoms with van der Waals surface area (Å²) in [6.07, 6.45) is 11.2. The summed E-state index contributed by atoms with van der Waals surface area (Å²) >= 11 is 0. The Kier molecular flexibility index (Phi) is 11.0. The highest BCUT2D eigenvalue weighted by molar-refractivity contribution is 5.96. The van der Waals surface area contributed by atoms with Crippen molar-refractivity contribution in [1.29, 1.82) is 0 Å². The minimum atomic E-state index is -0.610. The van der Waals surface area contributed by atoms with Crippen LogP contribution in [0.1, 0.15) is 76.3 Å². The van der Waals surface area contributed by atoms with Crippen LogP contribution in [0.2, 0.25) is 0 Å². The van der Waals surface area contributed by atoms with Crippen molar-refractivity contribution >= 4 is 5.78 Å². The highest BCUT2D eigenvalue weighted by atomic mass is 19.1. The summed E-state index contributed by atoms with van der Waals surface area (Å²) in [7, 11) is 0. The summed E-state index contributed by atoms with van der Waals surface area (Å²) in [5, 5.41) is 6.81. The van der Waals surface area contributed by atoms with Gasteiger partial charge < -0.3 is 15.5 Å². The molecule has 0 aromatic heterocycles. The highest BCUT2D eigenvalue weighted by Gasteiger charge is 2.34. The lowest BCUT2D eigenvalue weighted by Gasteiger charge is -2.48. The zero-order valence-electron chi connectivity index (χ0n) is 26.9. The summed E-state index contributed by atoms with van der Waals surface area (Å²) < 4.78 is 28.0. The molecule has 8 heteroatoms. The van der Waals surface area contributed by atoms with Crippen LogP contribution in [-0.4, -0.2) is 78.0 Å². The molecule has 2 saturated heterocycles. The number of hydrogen-bond acceptors (Lipinski definition) is 6. The largest absolute Gasteiger partial charge is 0.384 e. The van der Waals surface area contributed by atoms with Gasteiger partial charge in [-0.3, -0.25) is 14.6 Å². The minimum absolute atomic E-state index is 0.0871. The topological polar surface area (TPSA) is 50.9 Å². The molecule has 2 aliphatic carbocycles. The maximum absolute atomic E-state index is 14.4. The Morgan fingerprint density at radius 1 is 1.11 bits per heavy atom. The lowest BCUT2D eigenvalue weighted by Crippen LogP contribution is -2.57. The van der Waals surface area contributed by atoms with Crippen molar-refractivity contribution in [2.75, 3.05) is 39.4 Å². The molecule has 2 N–H and O–H groups in total. The van der Waals surface area contributed by atoms with E-state index in [1.165, 1.54) is 6.08 Å². The van der Waals surface area contributed by atoms with Gasteiger partial charge in [0, 0.05) is 73.4 Å².